The molecule has 0 aliphatic carbocycles. The Balaban J connectivity index is 2.20. The van der Waals surface area contributed by atoms with Crippen LogP contribution in [0.1, 0.15) is 11.3 Å². The van der Waals surface area contributed by atoms with Crippen LogP contribution in [0.25, 0.3) is 16.9 Å². The first-order chi connectivity index (χ1) is 10.6. The minimum absolute atomic E-state index is 0.0699. The fourth-order valence-corrected chi connectivity index (χ4v) is 2.50. The van der Waals surface area contributed by atoms with Crippen molar-refractivity contribution in [3.8, 4) is 11.3 Å². The number of carbonyl (C=O) groups is 1. The van der Waals surface area contributed by atoms with Crippen molar-refractivity contribution in [2.24, 2.45) is 0 Å². The molecule has 0 spiro atoms. The highest BCUT2D eigenvalue weighted by atomic mass is 16.2. The minimum atomic E-state index is 0.0699. The molecular weight excluding hydrogens is 274 g/mol. The monoisotopic (exact) mass is 293 g/mol. The van der Waals surface area contributed by atoms with E-state index in [9.17, 15) is 4.79 Å². The Hall–Kier alpha value is -2.62. The molecule has 0 aliphatic rings. The van der Waals surface area contributed by atoms with Gasteiger partial charge in [0.15, 0.2) is 0 Å². The van der Waals surface area contributed by atoms with E-state index >= 15 is 0 Å². The van der Waals surface area contributed by atoms with Gasteiger partial charge >= 0.3 is 0 Å². The zero-order chi connectivity index (χ0) is 15.7. The van der Waals surface area contributed by atoms with Crippen LogP contribution in [0.5, 0.6) is 0 Å². The molecule has 112 valence electrons. The Labute approximate surface area is 130 Å². The quantitative estimate of drug-likeness (QED) is 0.744. The minimum Gasteiger partial charge on any atom is -0.348 e. The third-order valence-corrected chi connectivity index (χ3v) is 3.73. The van der Waals surface area contributed by atoms with Crippen molar-refractivity contribution in [3.05, 3.63) is 59.9 Å². The Morgan fingerprint density at radius 1 is 1.14 bits per heavy atom. The SMILES string of the molecule is Cc1ccc2nc(-c3ccccc3)c(CC(=O)N(C)C)n2c1. The summed E-state index contributed by atoms with van der Waals surface area (Å²) in [5.41, 5.74) is 4.85. The summed E-state index contributed by atoms with van der Waals surface area (Å²) in [6, 6.07) is 14.0. The van der Waals surface area contributed by atoms with E-state index in [1.807, 2.05) is 60.0 Å². The standard InChI is InChI=1S/C18H19N3O/c1-13-9-10-16-19-18(14-7-5-4-6-8-14)15(21(16)12-13)11-17(22)20(2)3/h4-10,12H,11H2,1-3H3. The first-order valence-corrected chi connectivity index (χ1v) is 7.29. The summed E-state index contributed by atoms with van der Waals surface area (Å²) >= 11 is 0. The van der Waals surface area contributed by atoms with Gasteiger partial charge in [0.25, 0.3) is 0 Å². The summed E-state index contributed by atoms with van der Waals surface area (Å²) in [4.78, 5) is 18.6. The van der Waals surface area contributed by atoms with E-state index in [4.69, 9.17) is 4.98 Å². The molecule has 0 unspecified atom stereocenters. The predicted molar refractivity (Wildman–Crippen MR) is 87.8 cm³/mol. The molecule has 0 fully saturated rings. The number of hydrogen-bond donors (Lipinski definition) is 0. The van der Waals surface area contributed by atoms with E-state index in [1.54, 1.807) is 19.0 Å². The molecule has 22 heavy (non-hydrogen) atoms. The van der Waals surface area contributed by atoms with Gasteiger partial charge in [-0.3, -0.25) is 4.79 Å². The van der Waals surface area contributed by atoms with Crippen molar-refractivity contribution in [2.45, 2.75) is 13.3 Å². The van der Waals surface area contributed by atoms with Crippen LogP contribution in [-0.4, -0.2) is 34.3 Å². The maximum absolute atomic E-state index is 12.2. The summed E-state index contributed by atoms with van der Waals surface area (Å²) in [5, 5.41) is 0. The van der Waals surface area contributed by atoms with Crippen LogP contribution in [0.2, 0.25) is 0 Å². The molecule has 3 aromatic rings. The molecule has 0 saturated heterocycles. The van der Waals surface area contributed by atoms with Gasteiger partial charge in [-0.15, -0.1) is 0 Å². The number of pyridine rings is 1. The van der Waals surface area contributed by atoms with Crippen molar-refractivity contribution < 1.29 is 4.79 Å². The van der Waals surface area contributed by atoms with Gasteiger partial charge in [0.2, 0.25) is 5.91 Å². The molecule has 0 radical (unpaired) electrons. The molecule has 0 atom stereocenters. The molecule has 0 aliphatic heterocycles. The Kier molecular flexibility index (Phi) is 3.67. The van der Waals surface area contributed by atoms with E-state index in [0.717, 1.165) is 28.2 Å². The highest BCUT2D eigenvalue weighted by Crippen LogP contribution is 2.25. The fourth-order valence-electron chi connectivity index (χ4n) is 2.50. The van der Waals surface area contributed by atoms with Crippen LogP contribution in [-0.2, 0) is 11.2 Å². The van der Waals surface area contributed by atoms with E-state index in [2.05, 4.69) is 0 Å². The van der Waals surface area contributed by atoms with Crippen molar-refractivity contribution in [1.29, 1.82) is 0 Å². The number of aryl methyl sites for hydroxylation is 1. The number of hydrogen-bond acceptors (Lipinski definition) is 2. The second kappa shape index (κ2) is 5.64. The van der Waals surface area contributed by atoms with E-state index in [1.165, 1.54) is 0 Å². The number of imidazole rings is 1. The highest BCUT2D eigenvalue weighted by Gasteiger charge is 2.17. The lowest BCUT2D eigenvalue weighted by Gasteiger charge is -2.11. The van der Waals surface area contributed by atoms with Crippen LogP contribution in [0, 0.1) is 6.92 Å². The van der Waals surface area contributed by atoms with Gasteiger partial charge in [0.1, 0.15) is 5.65 Å². The van der Waals surface area contributed by atoms with Crippen molar-refractivity contribution >= 4 is 11.6 Å². The molecule has 0 saturated carbocycles. The van der Waals surface area contributed by atoms with Gasteiger partial charge in [-0.05, 0) is 18.6 Å². The summed E-state index contributed by atoms with van der Waals surface area (Å²) in [6.45, 7) is 2.04. The van der Waals surface area contributed by atoms with Crippen LogP contribution in [0.4, 0.5) is 0 Å². The summed E-state index contributed by atoms with van der Waals surface area (Å²) < 4.78 is 2.03. The number of benzene rings is 1. The average Bonchev–Trinajstić information content (AvgIpc) is 2.86. The number of rotatable bonds is 3. The number of amides is 1. The van der Waals surface area contributed by atoms with Crippen LogP contribution >= 0.6 is 0 Å². The van der Waals surface area contributed by atoms with E-state index in [-0.39, 0.29) is 5.91 Å². The van der Waals surface area contributed by atoms with Crippen LogP contribution in [0.15, 0.2) is 48.7 Å². The summed E-state index contributed by atoms with van der Waals surface area (Å²) in [6.07, 6.45) is 2.37. The smallest absolute Gasteiger partial charge is 0.228 e. The van der Waals surface area contributed by atoms with Gasteiger partial charge in [0.05, 0.1) is 17.8 Å². The molecule has 2 aromatic heterocycles. The number of nitrogens with zero attached hydrogens (tertiary/aromatic N) is 3. The molecule has 2 heterocycles. The van der Waals surface area contributed by atoms with Gasteiger partial charge in [-0.25, -0.2) is 4.98 Å². The third kappa shape index (κ3) is 2.60. The number of carbonyl (C=O) groups excluding carboxylic acids is 1. The van der Waals surface area contributed by atoms with E-state index in [0.29, 0.717) is 6.42 Å². The summed E-state index contributed by atoms with van der Waals surface area (Å²) in [7, 11) is 3.55. The number of likely N-dealkylation sites (N-methyl/N-ethyl adjacent to an activating group) is 1. The van der Waals surface area contributed by atoms with Gasteiger partial charge in [-0.2, -0.15) is 0 Å². The average molecular weight is 293 g/mol. The molecule has 3 rings (SSSR count). The Morgan fingerprint density at radius 2 is 1.86 bits per heavy atom. The Morgan fingerprint density at radius 3 is 2.55 bits per heavy atom. The topological polar surface area (TPSA) is 37.6 Å². The second-order valence-corrected chi connectivity index (χ2v) is 5.67. The van der Waals surface area contributed by atoms with Crippen molar-refractivity contribution in [3.63, 3.8) is 0 Å². The van der Waals surface area contributed by atoms with E-state index < -0.39 is 0 Å². The lowest BCUT2D eigenvalue weighted by molar-refractivity contribution is -0.128. The summed E-state index contributed by atoms with van der Waals surface area (Å²) in [5.74, 6) is 0.0699. The largest absolute Gasteiger partial charge is 0.348 e. The fraction of sp³-hybridized carbons (Fsp3) is 0.222. The first-order valence-electron chi connectivity index (χ1n) is 7.29. The zero-order valence-corrected chi connectivity index (χ0v) is 13.1. The molecule has 0 bridgehead atoms. The molecule has 1 amide bonds. The Bertz CT molecular complexity index is 819. The lowest BCUT2D eigenvalue weighted by atomic mass is 10.1. The first kappa shape index (κ1) is 14.3. The molecule has 4 heteroatoms. The number of aromatic nitrogens is 2. The highest BCUT2D eigenvalue weighted by molar-refractivity contribution is 5.81. The zero-order valence-electron chi connectivity index (χ0n) is 13.1. The molecule has 1 aromatic carbocycles. The molecule has 0 N–H and O–H groups in total. The second-order valence-electron chi connectivity index (χ2n) is 5.67. The maximum Gasteiger partial charge on any atom is 0.228 e. The molecular formula is C18H19N3O. The van der Waals surface area contributed by atoms with Crippen LogP contribution < -0.4 is 0 Å². The van der Waals surface area contributed by atoms with Gasteiger partial charge in [0, 0.05) is 25.9 Å². The van der Waals surface area contributed by atoms with Crippen LogP contribution in [0.3, 0.4) is 0 Å². The lowest BCUT2D eigenvalue weighted by Crippen LogP contribution is -2.24. The van der Waals surface area contributed by atoms with Crippen molar-refractivity contribution in [2.75, 3.05) is 14.1 Å². The third-order valence-electron chi connectivity index (χ3n) is 3.73. The molecule has 4 nitrogen and oxygen atoms in total. The van der Waals surface area contributed by atoms with Gasteiger partial charge in [-0.1, -0.05) is 36.4 Å². The maximum atomic E-state index is 12.2. The normalized spacial score (nSPS) is 10.9. The van der Waals surface area contributed by atoms with Crippen molar-refractivity contribution in [1.82, 2.24) is 14.3 Å². The van der Waals surface area contributed by atoms with Gasteiger partial charge < -0.3 is 9.30 Å². The predicted octanol–water partition coefficient (Wildman–Crippen LogP) is 2.94. The number of fused-ring (bicyclic) bond motifs is 1.